The topological polar surface area (TPSA) is 27.0 Å². The quantitative estimate of drug-likeness (QED) is 0.765. The lowest BCUT2D eigenvalue weighted by atomic mass is 9.75. The Bertz CT molecular complexity index is 462. The molecule has 1 aromatic rings. The second-order valence-electron chi connectivity index (χ2n) is 5.79. The molecular formula is C17H22N2. The maximum absolute atomic E-state index is 9.46. The van der Waals surface area contributed by atoms with E-state index in [1.807, 2.05) is 13.0 Å². The molecule has 1 aliphatic heterocycles. The Balaban J connectivity index is 1.92. The number of benzene rings is 1. The van der Waals surface area contributed by atoms with Gasteiger partial charge in [-0.2, -0.15) is 5.26 Å². The maximum Gasteiger partial charge on any atom is 0.0694 e. The summed E-state index contributed by atoms with van der Waals surface area (Å²) in [7, 11) is 0. The van der Waals surface area contributed by atoms with Crippen LogP contribution in [0, 0.1) is 16.7 Å². The third-order valence-electron chi connectivity index (χ3n) is 3.94. The highest BCUT2D eigenvalue weighted by molar-refractivity contribution is 5.15. The molecule has 0 aliphatic carbocycles. The Morgan fingerprint density at radius 2 is 1.95 bits per heavy atom. The molecule has 0 N–H and O–H groups in total. The fraction of sp³-hybridized carbons (Fsp3) is 0.471. The number of rotatable bonds is 4. The smallest absolute Gasteiger partial charge is 0.0694 e. The normalized spacial score (nSPS) is 18.7. The lowest BCUT2D eigenvalue weighted by molar-refractivity contribution is 0.138. The molecule has 1 aliphatic rings. The minimum absolute atomic E-state index is 0.168. The summed E-state index contributed by atoms with van der Waals surface area (Å²) in [6.45, 7) is 9.00. The number of hydrogen-bond donors (Lipinski definition) is 0. The van der Waals surface area contributed by atoms with Crippen LogP contribution in [0.1, 0.15) is 31.7 Å². The van der Waals surface area contributed by atoms with Gasteiger partial charge in [-0.15, -0.1) is 6.58 Å². The van der Waals surface area contributed by atoms with Gasteiger partial charge in [0, 0.05) is 19.6 Å². The van der Waals surface area contributed by atoms with Crippen molar-refractivity contribution in [2.24, 2.45) is 5.41 Å². The van der Waals surface area contributed by atoms with E-state index >= 15 is 0 Å². The minimum Gasteiger partial charge on any atom is -0.299 e. The molecule has 2 heteroatoms. The molecule has 0 unspecified atom stereocenters. The van der Waals surface area contributed by atoms with E-state index in [0.717, 1.165) is 44.5 Å². The van der Waals surface area contributed by atoms with E-state index in [9.17, 15) is 5.26 Å². The average Bonchev–Trinajstić information content (AvgIpc) is 2.42. The Morgan fingerprint density at radius 1 is 1.32 bits per heavy atom. The molecule has 19 heavy (non-hydrogen) atoms. The van der Waals surface area contributed by atoms with Gasteiger partial charge in [-0.3, -0.25) is 4.90 Å². The summed E-state index contributed by atoms with van der Waals surface area (Å²) < 4.78 is 0. The second kappa shape index (κ2) is 6.04. The van der Waals surface area contributed by atoms with Gasteiger partial charge in [-0.05, 0) is 31.7 Å². The molecule has 2 rings (SSSR count). The molecule has 0 spiro atoms. The molecule has 0 radical (unpaired) electrons. The van der Waals surface area contributed by atoms with Crippen molar-refractivity contribution in [3.8, 4) is 6.07 Å². The fourth-order valence-corrected chi connectivity index (χ4v) is 2.89. The largest absolute Gasteiger partial charge is 0.299 e. The first-order chi connectivity index (χ1) is 9.13. The second-order valence-corrected chi connectivity index (χ2v) is 5.79. The van der Waals surface area contributed by atoms with Crippen molar-refractivity contribution in [1.29, 1.82) is 5.26 Å². The van der Waals surface area contributed by atoms with E-state index in [0.29, 0.717) is 0 Å². The van der Waals surface area contributed by atoms with Gasteiger partial charge in [-0.1, -0.05) is 35.9 Å². The molecule has 1 saturated heterocycles. The number of allylic oxidation sites excluding steroid dienone is 1. The third kappa shape index (κ3) is 3.68. The molecule has 0 atom stereocenters. The van der Waals surface area contributed by atoms with E-state index < -0.39 is 0 Å². The van der Waals surface area contributed by atoms with E-state index in [-0.39, 0.29) is 5.41 Å². The highest BCUT2D eigenvalue weighted by atomic mass is 15.1. The van der Waals surface area contributed by atoms with Crippen LogP contribution >= 0.6 is 0 Å². The summed E-state index contributed by atoms with van der Waals surface area (Å²) in [5.74, 6) is 0. The van der Waals surface area contributed by atoms with E-state index in [4.69, 9.17) is 0 Å². The Morgan fingerprint density at radius 3 is 2.47 bits per heavy atom. The molecule has 0 bridgehead atoms. The van der Waals surface area contributed by atoms with Gasteiger partial charge in [0.1, 0.15) is 0 Å². The SMILES string of the molecule is C=C(C)CC1(C#N)CCN(Cc2ccccc2)CC1. The Hall–Kier alpha value is -1.59. The lowest BCUT2D eigenvalue weighted by Gasteiger charge is -2.37. The van der Waals surface area contributed by atoms with Crippen molar-refractivity contribution >= 4 is 0 Å². The molecule has 1 fully saturated rings. The predicted octanol–water partition coefficient (Wildman–Crippen LogP) is 3.76. The molecule has 1 aromatic carbocycles. The van der Waals surface area contributed by atoms with E-state index in [1.54, 1.807) is 0 Å². The summed E-state index contributed by atoms with van der Waals surface area (Å²) in [6.07, 6.45) is 2.77. The van der Waals surface area contributed by atoms with Gasteiger partial charge in [-0.25, -0.2) is 0 Å². The zero-order valence-electron chi connectivity index (χ0n) is 11.7. The van der Waals surface area contributed by atoms with Crippen LogP contribution in [0.4, 0.5) is 0 Å². The third-order valence-corrected chi connectivity index (χ3v) is 3.94. The van der Waals surface area contributed by atoms with E-state index in [2.05, 4.69) is 41.8 Å². The number of nitriles is 1. The minimum atomic E-state index is -0.168. The summed E-state index contributed by atoms with van der Waals surface area (Å²) in [6, 6.07) is 13.1. The van der Waals surface area contributed by atoms with Crippen molar-refractivity contribution in [3.63, 3.8) is 0 Å². The number of likely N-dealkylation sites (tertiary alicyclic amines) is 1. The van der Waals surface area contributed by atoms with Gasteiger partial charge in [0.15, 0.2) is 0 Å². The van der Waals surface area contributed by atoms with Crippen LogP contribution in [-0.4, -0.2) is 18.0 Å². The number of piperidine rings is 1. The van der Waals surface area contributed by atoms with Crippen molar-refractivity contribution in [3.05, 3.63) is 48.0 Å². The standard InChI is InChI=1S/C17H22N2/c1-15(2)12-17(14-18)8-10-19(11-9-17)13-16-6-4-3-5-7-16/h3-7H,1,8-13H2,2H3. The first-order valence-electron chi connectivity index (χ1n) is 6.95. The van der Waals surface area contributed by atoms with Crippen molar-refractivity contribution in [2.45, 2.75) is 32.7 Å². The summed E-state index contributed by atoms with van der Waals surface area (Å²) in [5.41, 5.74) is 2.31. The predicted molar refractivity (Wildman–Crippen MR) is 78.4 cm³/mol. The summed E-state index contributed by atoms with van der Waals surface area (Å²) >= 11 is 0. The zero-order chi connectivity index (χ0) is 13.7. The van der Waals surface area contributed by atoms with Crippen molar-refractivity contribution < 1.29 is 0 Å². The Kier molecular flexibility index (Phi) is 4.39. The van der Waals surface area contributed by atoms with Crippen LogP contribution in [0.2, 0.25) is 0 Å². The van der Waals surface area contributed by atoms with Gasteiger partial charge >= 0.3 is 0 Å². The summed E-state index contributed by atoms with van der Waals surface area (Å²) in [5, 5.41) is 9.46. The van der Waals surface area contributed by atoms with Gasteiger partial charge in [0.05, 0.1) is 11.5 Å². The molecular weight excluding hydrogens is 232 g/mol. The molecule has 2 nitrogen and oxygen atoms in total. The fourth-order valence-electron chi connectivity index (χ4n) is 2.89. The highest BCUT2D eigenvalue weighted by Crippen LogP contribution is 2.36. The lowest BCUT2D eigenvalue weighted by Crippen LogP contribution is -2.39. The molecule has 100 valence electrons. The first kappa shape index (κ1) is 13.8. The Labute approximate surface area is 116 Å². The van der Waals surface area contributed by atoms with Crippen molar-refractivity contribution in [2.75, 3.05) is 13.1 Å². The van der Waals surface area contributed by atoms with Crippen LogP contribution < -0.4 is 0 Å². The van der Waals surface area contributed by atoms with Gasteiger partial charge in [0.25, 0.3) is 0 Å². The average molecular weight is 254 g/mol. The van der Waals surface area contributed by atoms with Crippen LogP contribution in [-0.2, 0) is 6.54 Å². The van der Waals surface area contributed by atoms with Crippen LogP contribution in [0.15, 0.2) is 42.5 Å². The molecule has 1 heterocycles. The monoisotopic (exact) mass is 254 g/mol. The summed E-state index contributed by atoms with van der Waals surface area (Å²) in [4.78, 5) is 2.45. The highest BCUT2D eigenvalue weighted by Gasteiger charge is 2.34. The first-order valence-corrected chi connectivity index (χ1v) is 6.95. The van der Waals surface area contributed by atoms with Crippen LogP contribution in [0.25, 0.3) is 0 Å². The molecule has 0 aromatic heterocycles. The molecule has 0 saturated carbocycles. The van der Waals surface area contributed by atoms with Gasteiger partial charge in [0.2, 0.25) is 0 Å². The maximum atomic E-state index is 9.46. The number of hydrogen-bond acceptors (Lipinski definition) is 2. The van der Waals surface area contributed by atoms with Crippen molar-refractivity contribution in [1.82, 2.24) is 4.90 Å². The zero-order valence-corrected chi connectivity index (χ0v) is 11.7. The molecule has 0 amide bonds. The van der Waals surface area contributed by atoms with Gasteiger partial charge < -0.3 is 0 Å². The van der Waals surface area contributed by atoms with Crippen LogP contribution in [0.3, 0.4) is 0 Å². The number of nitrogens with zero attached hydrogens (tertiary/aromatic N) is 2. The van der Waals surface area contributed by atoms with Crippen LogP contribution in [0.5, 0.6) is 0 Å². The van der Waals surface area contributed by atoms with E-state index in [1.165, 1.54) is 5.56 Å².